The molecule has 0 saturated heterocycles. The van der Waals surface area contributed by atoms with Gasteiger partial charge in [-0.25, -0.2) is 4.98 Å². The molecule has 6 nitrogen and oxygen atoms in total. The van der Waals surface area contributed by atoms with E-state index in [1.807, 2.05) is 18.2 Å². The third-order valence-electron chi connectivity index (χ3n) is 4.58. The van der Waals surface area contributed by atoms with Crippen molar-refractivity contribution < 1.29 is 14.3 Å². The molecule has 2 heterocycles. The van der Waals surface area contributed by atoms with Crippen molar-refractivity contribution in [2.45, 2.75) is 0 Å². The molecule has 0 spiro atoms. The summed E-state index contributed by atoms with van der Waals surface area (Å²) in [5, 5.41) is 4.08. The van der Waals surface area contributed by atoms with Crippen LogP contribution < -0.4 is 14.8 Å². The molecule has 7 heteroatoms. The van der Waals surface area contributed by atoms with Gasteiger partial charge in [0.05, 0.1) is 36.7 Å². The summed E-state index contributed by atoms with van der Waals surface area (Å²) in [7, 11) is 3.10. The van der Waals surface area contributed by atoms with Crippen LogP contribution in [0.5, 0.6) is 11.5 Å². The molecule has 1 amide bonds. The number of anilines is 1. The molecular weight excluding hydrogens is 402 g/mol. The highest BCUT2D eigenvalue weighted by molar-refractivity contribution is 6.31. The number of nitrogens with one attached hydrogen (secondary N) is 1. The third kappa shape index (κ3) is 3.90. The maximum atomic E-state index is 13.2. The van der Waals surface area contributed by atoms with Crippen LogP contribution in [0.3, 0.4) is 0 Å². The average molecular weight is 420 g/mol. The zero-order valence-corrected chi connectivity index (χ0v) is 17.1. The second-order valence-electron chi connectivity index (χ2n) is 6.46. The van der Waals surface area contributed by atoms with Crippen LogP contribution in [0.15, 0.2) is 66.9 Å². The van der Waals surface area contributed by atoms with Gasteiger partial charge in [0, 0.05) is 28.4 Å². The Labute approximate surface area is 178 Å². The van der Waals surface area contributed by atoms with E-state index >= 15 is 0 Å². The van der Waals surface area contributed by atoms with Crippen molar-refractivity contribution in [1.29, 1.82) is 0 Å². The molecule has 2 aromatic heterocycles. The maximum Gasteiger partial charge on any atom is 0.256 e. The van der Waals surface area contributed by atoms with Crippen molar-refractivity contribution in [3.63, 3.8) is 0 Å². The molecule has 0 aliphatic heterocycles. The Morgan fingerprint density at radius 3 is 2.50 bits per heavy atom. The first-order valence-electron chi connectivity index (χ1n) is 9.14. The van der Waals surface area contributed by atoms with Gasteiger partial charge in [0.25, 0.3) is 5.91 Å². The SMILES string of the molecule is COc1ccc(NC(=O)c2cc(-c3ccccn3)nc3ccc(Cl)cc23)cc1OC. The van der Waals surface area contributed by atoms with Gasteiger partial charge < -0.3 is 14.8 Å². The Balaban J connectivity index is 1.78. The standard InChI is InChI=1S/C23H18ClN3O3/c1-29-21-9-7-15(12-22(21)30-2)26-23(28)17-13-20(19-5-3-4-10-25-19)27-18-8-6-14(24)11-16(17)18/h3-13H,1-2H3,(H,26,28). The van der Waals surface area contributed by atoms with Crippen molar-refractivity contribution in [3.05, 3.63) is 77.4 Å². The number of benzene rings is 2. The Morgan fingerprint density at radius 2 is 1.77 bits per heavy atom. The molecule has 4 aromatic rings. The molecule has 1 N–H and O–H groups in total. The van der Waals surface area contributed by atoms with Crippen molar-refractivity contribution in [3.8, 4) is 22.9 Å². The molecule has 0 atom stereocenters. The molecule has 0 fully saturated rings. The topological polar surface area (TPSA) is 73.3 Å². The fourth-order valence-electron chi connectivity index (χ4n) is 3.14. The molecule has 0 aliphatic carbocycles. The molecule has 150 valence electrons. The molecule has 0 radical (unpaired) electrons. The minimum absolute atomic E-state index is 0.297. The van der Waals surface area contributed by atoms with Crippen molar-refractivity contribution in [2.75, 3.05) is 19.5 Å². The van der Waals surface area contributed by atoms with Gasteiger partial charge in [0.1, 0.15) is 0 Å². The number of hydrogen-bond donors (Lipinski definition) is 1. The van der Waals surface area contributed by atoms with Crippen LogP contribution in [0.25, 0.3) is 22.3 Å². The number of fused-ring (bicyclic) bond motifs is 1. The number of methoxy groups -OCH3 is 2. The minimum Gasteiger partial charge on any atom is -0.493 e. The number of halogens is 1. The van der Waals surface area contributed by atoms with Crippen molar-refractivity contribution in [1.82, 2.24) is 9.97 Å². The predicted molar refractivity (Wildman–Crippen MR) is 117 cm³/mol. The zero-order chi connectivity index (χ0) is 21.1. The Kier molecular flexibility index (Phi) is 5.50. The average Bonchev–Trinajstić information content (AvgIpc) is 2.78. The first kappa shape index (κ1) is 19.7. The van der Waals surface area contributed by atoms with E-state index in [0.29, 0.717) is 50.1 Å². The highest BCUT2D eigenvalue weighted by atomic mass is 35.5. The van der Waals surface area contributed by atoms with Gasteiger partial charge in [-0.05, 0) is 48.5 Å². The summed E-state index contributed by atoms with van der Waals surface area (Å²) in [5.41, 5.74) is 2.94. The molecule has 0 saturated carbocycles. The van der Waals surface area contributed by atoms with Gasteiger partial charge in [-0.1, -0.05) is 17.7 Å². The Morgan fingerprint density at radius 1 is 0.933 bits per heavy atom. The second kappa shape index (κ2) is 8.39. The van der Waals surface area contributed by atoms with E-state index in [-0.39, 0.29) is 5.91 Å². The molecule has 0 bridgehead atoms. The lowest BCUT2D eigenvalue weighted by atomic mass is 10.1. The van der Waals surface area contributed by atoms with Crippen LogP contribution in [0, 0.1) is 0 Å². The molecular formula is C23H18ClN3O3. The van der Waals surface area contributed by atoms with Crippen LogP contribution in [0.4, 0.5) is 5.69 Å². The highest BCUT2D eigenvalue weighted by Crippen LogP contribution is 2.31. The Bertz CT molecular complexity index is 1230. The summed E-state index contributed by atoms with van der Waals surface area (Å²) in [4.78, 5) is 22.2. The van der Waals surface area contributed by atoms with E-state index in [0.717, 1.165) is 0 Å². The number of carbonyl (C=O) groups is 1. The van der Waals surface area contributed by atoms with Gasteiger partial charge in [-0.15, -0.1) is 0 Å². The van der Waals surface area contributed by atoms with Gasteiger partial charge in [0.15, 0.2) is 11.5 Å². The van der Waals surface area contributed by atoms with Gasteiger partial charge in [-0.2, -0.15) is 0 Å². The van der Waals surface area contributed by atoms with E-state index in [9.17, 15) is 4.79 Å². The number of hydrogen-bond acceptors (Lipinski definition) is 5. The number of pyridine rings is 2. The normalized spacial score (nSPS) is 10.6. The number of rotatable bonds is 5. The second-order valence-corrected chi connectivity index (χ2v) is 6.89. The summed E-state index contributed by atoms with van der Waals surface area (Å²) in [6.07, 6.45) is 1.69. The Hall–Kier alpha value is -3.64. The van der Waals surface area contributed by atoms with E-state index in [1.165, 1.54) is 0 Å². The smallest absolute Gasteiger partial charge is 0.256 e. The molecule has 30 heavy (non-hydrogen) atoms. The largest absolute Gasteiger partial charge is 0.493 e. The summed E-state index contributed by atoms with van der Waals surface area (Å²) in [6, 6.07) is 17.7. The lowest BCUT2D eigenvalue weighted by molar-refractivity contribution is 0.102. The fourth-order valence-corrected chi connectivity index (χ4v) is 3.32. The lowest BCUT2D eigenvalue weighted by Gasteiger charge is -2.13. The van der Waals surface area contributed by atoms with Crippen LogP contribution >= 0.6 is 11.6 Å². The third-order valence-corrected chi connectivity index (χ3v) is 4.82. The first-order valence-corrected chi connectivity index (χ1v) is 9.52. The fraction of sp³-hybridized carbons (Fsp3) is 0.0870. The number of nitrogens with zero attached hydrogens (tertiary/aromatic N) is 2. The number of aromatic nitrogens is 2. The van der Waals surface area contributed by atoms with Gasteiger partial charge in [0.2, 0.25) is 0 Å². The number of amides is 1. The predicted octanol–water partition coefficient (Wildman–Crippen LogP) is 5.22. The number of ether oxygens (including phenoxy) is 2. The summed E-state index contributed by atoms with van der Waals surface area (Å²) in [5.74, 6) is 0.801. The molecule has 2 aromatic carbocycles. The summed E-state index contributed by atoms with van der Waals surface area (Å²) in [6.45, 7) is 0. The molecule has 0 unspecified atom stereocenters. The van der Waals surface area contributed by atoms with Crippen molar-refractivity contribution in [2.24, 2.45) is 0 Å². The first-order chi connectivity index (χ1) is 14.6. The van der Waals surface area contributed by atoms with E-state index < -0.39 is 0 Å². The lowest BCUT2D eigenvalue weighted by Crippen LogP contribution is -2.13. The molecule has 0 aliphatic rings. The van der Waals surface area contributed by atoms with E-state index in [1.54, 1.807) is 62.9 Å². The maximum absolute atomic E-state index is 13.2. The van der Waals surface area contributed by atoms with Crippen LogP contribution in [0.2, 0.25) is 5.02 Å². The van der Waals surface area contributed by atoms with Gasteiger partial charge >= 0.3 is 0 Å². The molecule has 4 rings (SSSR count). The minimum atomic E-state index is -0.297. The summed E-state index contributed by atoms with van der Waals surface area (Å²) >= 11 is 6.18. The van der Waals surface area contributed by atoms with Gasteiger partial charge in [-0.3, -0.25) is 9.78 Å². The highest BCUT2D eigenvalue weighted by Gasteiger charge is 2.16. The van der Waals surface area contributed by atoms with Crippen molar-refractivity contribution >= 4 is 34.1 Å². The summed E-state index contributed by atoms with van der Waals surface area (Å²) < 4.78 is 10.6. The number of carbonyl (C=O) groups excluding carboxylic acids is 1. The monoisotopic (exact) mass is 419 g/mol. The van der Waals surface area contributed by atoms with Crippen LogP contribution in [-0.2, 0) is 0 Å². The zero-order valence-electron chi connectivity index (χ0n) is 16.3. The van der Waals surface area contributed by atoms with Crippen LogP contribution in [-0.4, -0.2) is 30.1 Å². The van der Waals surface area contributed by atoms with E-state index in [2.05, 4.69) is 15.3 Å². The van der Waals surface area contributed by atoms with Crippen LogP contribution in [0.1, 0.15) is 10.4 Å². The quantitative estimate of drug-likeness (QED) is 0.480. The van der Waals surface area contributed by atoms with E-state index in [4.69, 9.17) is 21.1 Å².